The minimum Gasteiger partial charge on any atom is -0.494 e. The first-order chi connectivity index (χ1) is 25.8. The summed E-state index contributed by atoms with van der Waals surface area (Å²) in [6.07, 6.45) is 2.58. The van der Waals surface area contributed by atoms with Crippen LogP contribution >= 0.6 is 11.8 Å². The molecule has 0 heterocycles. The summed E-state index contributed by atoms with van der Waals surface area (Å²) in [5.74, 6) is 13.1. The summed E-state index contributed by atoms with van der Waals surface area (Å²) in [5, 5.41) is 9.38. The van der Waals surface area contributed by atoms with Gasteiger partial charge in [-0.25, -0.2) is 9.59 Å². The Morgan fingerprint density at radius 3 is 1.74 bits per heavy atom. The van der Waals surface area contributed by atoms with Gasteiger partial charge < -0.3 is 28.8 Å². The summed E-state index contributed by atoms with van der Waals surface area (Å²) in [5.41, 5.74) is 3.78. The monoisotopic (exact) mass is 730 g/mol. The van der Waals surface area contributed by atoms with Crippen molar-refractivity contribution in [2.75, 3.05) is 19.8 Å². The maximum absolute atomic E-state index is 12.8. The van der Waals surface area contributed by atoms with E-state index >= 15 is 0 Å². The zero-order valence-corrected chi connectivity index (χ0v) is 29.8. The standard InChI is InChI=1S/C43H38O9S/c1-3-40(44)50-30-6-5-29-49-37-25-21-36(22-26-37)42(46)53-39-27-19-35(20-28-39)16-14-33-11-9-32(10-12-33)13-15-34-17-23-38(24-18-34)52-43(47)51-31-7-8-41(45)48-4-2/h3-4,9-12,17-28,41,45H,1-2,5-8,29-31H2. The Morgan fingerprint density at radius 1 is 0.660 bits per heavy atom. The van der Waals surface area contributed by atoms with Gasteiger partial charge in [0.1, 0.15) is 11.5 Å². The van der Waals surface area contributed by atoms with Crippen LogP contribution in [0.3, 0.4) is 0 Å². The Hall–Kier alpha value is -6.20. The quantitative estimate of drug-likeness (QED) is 0.0177. The molecule has 0 aromatic heterocycles. The molecule has 1 unspecified atom stereocenters. The topological polar surface area (TPSA) is 118 Å². The van der Waals surface area contributed by atoms with Crippen molar-refractivity contribution in [2.45, 2.75) is 36.9 Å². The largest absolute Gasteiger partial charge is 0.513 e. The van der Waals surface area contributed by atoms with E-state index in [1.165, 1.54) is 0 Å². The number of ether oxygens (including phenoxy) is 5. The molecular formula is C43H38O9S. The van der Waals surface area contributed by atoms with Crippen LogP contribution in [0.25, 0.3) is 0 Å². The second-order valence-corrected chi connectivity index (χ2v) is 12.1. The highest BCUT2D eigenvalue weighted by Crippen LogP contribution is 2.24. The predicted molar refractivity (Wildman–Crippen MR) is 202 cm³/mol. The fourth-order valence-corrected chi connectivity index (χ4v) is 5.08. The molecule has 0 saturated carbocycles. The normalized spacial score (nSPS) is 10.6. The number of hydrogen-bond donors (Lipinski definition) is 1. The van der Waals surface area contributed by atoms with E-state index in [1.807, 2.05) is 48.5 Å². The molecule has 0 amide bonds. The van der Waals surface area contributed by atoms with Crippen LogP contribution in [0.5, 0.6) is 11.5 Å². The van der Waals surface area contributed by atoms with E-state index in [1.54, 1.807) is 48.5 Å². The van der Waals surface area contributed by atoms with Gasteiger partial charge in [-0.2, -0.15) is 0 Å². The molecule has 1 N–H and O–H groups in total. The maximum Gasteiger partial charge on any atom is 0.513 e. The molecule has 0 aliphatic rings. The summed E-state index contributed by atoms with van der Waals surface area (Å²) in [6.45, 7) is 7.60. The number of hydrogen-bond acceptors (Lipinski definition) is 10. The highest BCUT2D eigenvalue weighted by Gasteiger charge is 2.10. The third-order valence-electron chi connectivity index (χ3n) is 7.08. The zero-order chi connectivity index (χ0) is 37.7. The SMILES string of the molecule is C=COC(O)CCCOC(=O)Oc1ccc(C#Cc2ccc(C#Cc3ccc(SC(=O)c4ccc(OCCCCOC(=O)C=C)cc4)cc3)cc2)cc1. The molecule has 1 atom stereocenters. The molecule has 0 bridgehead atoms. The van der Waals surface area contributed by atoms with Crippen LogP contribution in [0.1, 0.15) is 58.3 Å². The number of aliphatic hydroxyl groups excluding tert-OH is 1. The van der Waals surface area contributed by atoms with Crippen LogP contribution < -0.4 is 9.47 Å². The van der Waals surface area contributed by atoms with Gasteiger partial charge in [0.05, 0.1) is 26.1 Å². The third-order valence-corrected chi connectivity index (χ3v) is 8.01. The van der Waals surface area contributed by atoms with Crippen molar-refractivity contribution in [1.29, 1.82) is 0 Å². The van der Waals surface area contributed by atoms with Crippen molar-refractivity contribution >= 4 is 29.0 Å². The van der Waals surface area contributed by atoms with Gasteiger partial charge in [-0.05, 0) is 128 Å². The molecule has 4 aromatic rings. The molecule has 4 aromatic carbocycles. The third kappa shape index (κ3) is 14.9. The molecule has 53 heavy (non-hydrogen) atoms. The average molecular weight is 731 g/mol. The number of thioether (sulfide) groups is 1. The number of carbonyl (C=O) groups excluding carboxylic acids is 3. The molecule has 0 spiro atoms. The van der Waals surface area contributed by atoms with Crippen molar-refractivity contribution in [3.05, 3.63) is 150 Å². The van der Waals surface area contributed by atoms with Gasteiger partial charge >= 0.3 is 12.1 Å². The lowest BCUT2D eigenvalue weighted by Gasteiger charge is -2.09. The number of rotatable bonds is 16. The van der Waals surface area contributed by atoms with Crippen molar-refractivity contribution in [1.82, 2.24) is 0 Å². The number of benzene rings is 4. The Morgan fingerprint density at radius 2 is 1.17 bits per heavy atom. The second-order valence-electron chi connectivity index (χ2n) is 11.1. The lowest BCUT2D eigenvalue weighted by atomic mass is 10.1. The van der Waals surface area contributed by atoms with Gasteiger partial charge in [-0.1, -0.05) is 36.8 Å². The Balaban J connectivity index is 1.18. The number of unbranched alkanes of at least 4 members (excludes halogenated alkanes) is 1. The van der Waals surface area contributed by atoms with Crippen molar-refractivity contribution in [3.8, 4) is 35.2 Å². The second kappa shape index (κ2) is 21.9. The Labute approximate surface area is 313 Å². The minimum absolute atomic E-state index is 0.0765. The van der Waals surface area contributed by atoms with E-state index in [2.05, 4.69) is 36.8 Å². The van der Waals surface area contributed by atoms with Gasteiger partial charge in [0.2, 0.25) is 5.12 Å². The van der Waals surface area contributed by atoms with Crippen molar-refractivity contribution in [3.63, 3.8) is 0 Å². The summed E-state index contributed by atoms with van der Waals surface area (Å²) in [4.78, 5) is 36.5. The highest BCUT2D eigenvalue weighted by molar-refractivity contribution is 8.14. The van der Waals surface area contributed by atoms with Crippen LogP contribution in [-0.4, -0.2) is 48.5 Å². The average Bonchev–Trinajstić information content (AvgIpc) is 3.18. The van der Waals surface area contributed by atoms with E-state index in [0.29, 0.717) is 49.5 Å². The van der Waals surface area contributed by atoms with Crippen molar-refractivity contribution in [2.24, 2.45) is 0 Å². The van der Waals surface area contributed by atoms with Crippen LogP contribution in [0, 0.1) is 23.7 Å². The molecule has 0 saturated heterocycles. The molecule has 0 aliphatic carbocycles. The fourth-order valence-electron chi connectivity index (χ4n) is 4.34. The molecule has 9 nitrogen and oxygen atoms in total. The Bertz CT molecular complexity index is 1950. The highest BCUT2D eigenvalue weighted by atomic mass is 32.2. The number of carbonyl (C=O) groups is 3. The summed E-state index contributed by atoms with van der Waals surface area (Å²) >= 11 is 1.14. The number of aliphatic hydroxyl groups is 1. The van der Waals surface area contributed by atoms with Crippen LogP contribution in [0.4, 0.5) is 4.79 Å². The summed E-state index contributed by atoms with van der Waals surface area (Å²) in [6, 6.07) is 28.8. The zero-order valence-electron chi connectivity index (χ0n) is 29.0. The molecule has 10 heteroatoms. The number of esters is 1. The first kappa shape index (κ1) is 39.6. The lowest BCUT2D eigenvalue weighted by Crippen LogP contribution is -2.14. The van der Waals surface area contributed by atoms with Gasteiger partial charge in [0.25, 0.3) is 0 Å². The van der Waals surface area contributed by atoms with Gasteiger partial charge in [-0.15, -0.1) is 0 Å². The van der Waals surface area contributed by atoms with Gasteiger partial charge in [-0.3, -0.25) is 4.79 Å². The van der Waals surface area contributed by atoms with Gasteiger partial charge in [0.15, 0.2) is 6.29 Å². The first-order valence-corrected chi connectivity index (χ1v) is 17.5. The fraction of sp³-hybridized carbons (Fsp3) is 0.186. The first-order valence-electron chi connectivity index (χ1n) is 16.7. The van der Waals surface area contributed by atoms with E-state index in [-0.39, 0.29) is 11.7 Å². The molecular weight excluding hydrogens is 693 g/mol. The molecule has 270 valence electrons. The van der Waals surface area contributed by atoms with E-state index in [9.17, 15) is 19.5 Å². The van der Waals surface area contributed by atoms with E-state index in [4.69, 9.17) is 23.7 Å². The summed E-state index contributed by atoms with van der Waals surface area (Å²) in [7, 11) is 0. The van der Waals surface area contributed by atoms with E-state index < -0.39 is 18.4 Å². The van der Waals surface area contributed by atoms with Crippen LogP contribution in [0.15, 0.2) is 127 Å². The minimum atomic E-state index is -0.986. The molecule has 0 aliphatic heterocycles. The van der Waals surface area contributed by atoms with Crippen LogP contribution in [-0.2, 0) is 19.0 Å². The van der Waals surface area contributed by atoms with E-state index in [0.717, 1.165) is 57.7 Å². The predicted octanol–water partition coefficient (Wildman–Crippen LogP) is 8.08. The van der Waals surface area contributed by atoms with Crippen molar-refractivity contribution < 1.29 is 43.2 Å². The molecule has 4 rings (SSSR count). The Kier molecular flexibility index (Phi) is 16.3. The molecule has 0 fully saturated rings. The smallest absolute Gasteiger partial charge is 0.494 e. The molecule has 0 radical (unpaired) electrons. The summed E-state index contributed by atoms with van der Waals surface area (Å²) < 4.78 is 25.6. The van der Waals surface area contributed by atoms with Crippen LogP contribution in [0.2, 0.25) is 0 Å². The lowest BCUT2D eigenvalue weighted by molar-refractivity contribution is -0.137. The van der Waals surface area contributed by atoms with Gasteiger partial charge in [0, 0.05) is 45.2 Å². The maximum atomic E-state index is 12.8.